The number of rotatable bonds is 1. The van der Waals surface area contributed by atoms with Gasteiger partial charge in [0.1, 0.15) is 0 Å². The lowest BCUT2D eigenvalue weighted by atomic mass is 9.95. The number of hydrogen-bond donors (Lipinski definition) is 0. The summed E-state index contributed by atoms with van der Waals surface area (Å²) in [6.07, 6.45) is 2.20. The van der Waals surface area contributed by atoms with Gasteiger partial charge in [-0.2, -0.15) is 4.42 Å². The van der Waals surface area contributed by atoms with Crippen LogP contribution in [0.3, 0.4) is 0 Å². The molecular weight excluding hydrogens is 268 g/mol. The van der Waals surface area contributed by atoms with Crippen molar-refractivity contribution in [3.8, 4) is 0 Å². The van der Waals surface area contributed by atoms with Gasteiger partial charge in [-0.15, -0.1) is 0 Å². The third kappa shape index (κ3) is 2.58. The average Bonchev–Trinajstić information content (AvgIpc) is 2.47. The molecular formula is C17H17ClN2. The molecule has 0 aromatic heterocycles. The number of nitrogens with zero attached hydrogens (tertiary/aromatic N) is 2. The quantitative estimate of drug-likeness (QED) is 0.731. The van der Waals surface area contributed by atoms with E-state index in [1.165, 1.54) is 22.4 Å². The number of benzene rings is 2. The first-order valence-corrected chi connectivity index (χ1v) is 7.06. The van der Waals surface area contributed by atoms with E-state index in [4.69, 9.17) is 11.8 Å². The van der Waals surface area contributed by atoms with Crippen molar-refractivity contribution in [2.75, 3.05) is 25.2 Å². The Bertz CT molecular complexity index is 622. The van der Waals surface area contributed by atoms with Crippen molar-refractivity contribution in [1.82, 2.24) is 4.42 Å². The zero-order chi connectivity index (χ0) is 13.9. The largest absolute Gasteiger partial charge is 0.360 e. The minimum absolute atomic E-state index is 0.705. The standard InChI is InChI=1S/C17H17ClN2/c1-19-13-20(18)12-11-15(14-7-3-2-4-8-14)16-9-5-6-10-17(16)19/h2-11H,12-13H2,1H3. The van der Waals surface area contributed by atoms with Crippen LogP contribution in [0.4, 0.5) is 5.69 Å². The normalized spacial score (nSPS) is 16.1. The minimum atomic E-state index is 0.705. The predicted octanol–water partition coefficient (Wildman–Crippen LogP) is 3.98. The molecule has 0 radical (unpaired) electrons. The minimum Gasteiger partial charge on any atom is -0.360 e. The average molecular weight is 285 g/mol. The Labute approximate surface area is 125 Å². The number of hydrogen-bond acceptors (Lipinski definition) is 2. The zero-order valence-corrected chi connectivity index (χ0v) is 12.2. The van der Waals surface area contributed by atoms with Crippen molar-refractivity contribution in [2.24, 2.45) is 0 Å². The van der Waals surface area contributed by atoms with Crippen LogP contribution >= 0.6 is 11.8 Å². The van der Waals surface area contributed by atoms with Crippen LogP contribution in [0.1, 0.15) is 11.1 Å². The van der Waals surface area contributed by atoms with E-state index in [9.17, 15) is 0 Å². The molecule has 20 heavy (non-hydrogen) atoms. The van der Waals surface area contributed by atoms with Gasteiger partial charge in [0.2, 0.25) is 0 Å². The van der Waals surface area contributed by atoms with Gasteiger partial charge in [-0.05, 0) is 29.0 Å². The summed E-state index contributed by atoms with van der Waals surface area (Å²) in [5, 5.41) is 0. The van der Waals surface area contributed by atoms with Crippen molar-refractivity contribution >= 4 is 23.0 Å². The lowest BCUT2D eigenvalue weighted by molar-refractivity contribution is 0.501. The molecule has 102 valence electrons. The van der Waals surface area contributed by atoms with Gasteiger partial charge in [-0.3, -0.25) is 0 Å². The van der Waals surface area contributed by atoms with Crippen LogP contribution in [0.25, 0.3) is 5.57 Å². The second kappa shape index (κ2) is 5.70. The maximum Gasteiger partial charge on any atom is 0.0849 e. The molecule has 0 N–H and O–H groups in total. The number of para-hydroxylation sites is 1. The highest BCUT2D eigenvalue weighted by atomic mass is 35.5. The highest BCUT2D eigenvalue weighted by Gasteiger charge is 2.17. The molecule has 0 fully saturated rings. The van der Waals surface area contributed by atoms with E-state index in [0.717, 1.165) is 6.54 Å². The Kier molecular flexibility index (Phi) is 3.77. The molecule has 0 bridgehead atoms. The summed E-state index contributed by atoms with van der Waals surface area (Å²) in [6, 6.07) is 18.9. The fraction of sp³-hybridized carbons (Fsp3) is 0.176. The summed E-state index contributed by atoms with van der Waals surface area (Å²) in [5.74, 6) is 0. The first-order valence-electron chi connectivity index (χ1n) is 6.72. The first kappa shape index (κ1) is 13.2. The number of anilines is 1. The monoisotopic (exact) mass is 284 g/mol. The van der Waals surface area contributed by atoms with Gasteiger partial charge in [0.05, 0.1) is 6.67 Å². The van der Waals surface area contributed by atoms with Gasteiger partial charge in [0, 0.05) is 24.8 Å². The molecule has 0 unspecified atom stereocenters. The van der Waals surface area contributed by atoms with Gasteiger partial charge in [-0.1, -0.05) is 54.6 Å². The number of halogens is 1. The molecule has 3 heteroatoms. The van der Waals surface area contributed by atoms with E-state index in [1.807, 2.05) is 6.07 Å². The van der Waals surface area contributed by atoms with Crippen LogP contribution < -0.4 is 4.90 Å². The van der Waals surface area contributed by atoms with Gasteiger partial charge in [-0.25, -0.2) is 0 Å². The summed E-state index contributed by atoms with van der Waals surface area (Å²) in [6.45, 7) is 1.43. The Balaban J connectivity index is 2.16. The fourth-order valence-electron chi connectivity index (χ4n) is 2.59. The lowest BCUT2D eigenvalue weighted by Gasteiger charge is -2.29. The van der Waals surface area contributed by atoms with E-state index in [2.05, 4.69) is 66.6 Å². The van der Waals surface area contributed by atoms with Crippen LogP contribution in [-0.2, 0) is 0 Å². The second-order valence-electron chi connectivity index (χ2n) is 4.99. The molecule has 0 spiro atoms. The van der Waals surface area contributed by atoms with Crippen molar-refractivity contribution in [3.63, 3.8) is 0 Å². The first-order chi connectivity index (χ1) is 9.75. The Hall–Kier alpha value is -1.77. The van der Waals surface area contributed by atoms with Crippen molar-refractivity contribution < 1.29 is 0 Å². The molecule has 1 heterocycles. The van der Waals surface area contributed by atoms with Crippen LogP contribution in [0.15, 0.2) is 60.7 Å². The molecule has 2 nitrogen and oxygen atoms in total. The Morgan fingerprint density at radius 1 is 0.950 bits per heavy atom. The molecule has 0 saturated heterocycles. The van der Waals surface area contributed by atoms with Crippen molar-refractivity contribution in [2.45, 2.75) is 0 Å². The summed E-state index contributed by atoms with van der Waals surface area (Å²) >= 11 is 6.25. The predicted molar refractivity (Wildman–Crippen MR) is 85.8 cm³/mol. The molecule has 0 atom stereocenters. The molecule has 1 aliphatic rings. The van der Waals surface area contributed by atoms with Crippen LogP contribution in [0, 0.1) is 0 Å². The summed E-state index contributed by atoms with van der Waals surface area (Å²) < 4.78 is 1.79. The summed E-state index contributed by atoms with van der Waals surface area (Å²) in [7, 11) is 2.07. The smallest absolute Gasteiger partial charge is 0.0849 e. The van der Waals surface area contributed by atoms with E-state index < -0.39 is 0 Å². The van der Waals surface area contributed by atoms with Crippen LogP contribution in [0.2, 0.25) is 0 Å². The molecule has 2 aromatic carbocycles. The lowest BCUT2D eigenvalue weighted by Crippen LogP contribution is -2.31. The fourth-order valence-corrected chi connectivity index (χ4v) is 2.82. The van der Waals surface area contributed by atoms with Gasteiger partial charge in [0.25, 0.3) is 0 Å². The van der Waals surface area contributed by atoms with E-state index >= 15 is 0 Å². The van der Waals surface area contributed by atoms with Crippen molar-refractivity contribution in [3.05, 3.63) is 71.8 Å². The number of fused-ring (bicyclic) bond motifs is 1. The molecule has 0 saturated carbocycles. The van der Waals surface area contributed by atoms with Crippen molar-refractivity contribution in [1.29, 1.82) is 0 Å². The van der Waals surface area contributed by atoms with Gasteiger partial charge >= 0.3 is 0 Å². The molecule has 0 aliphatic carbocycles. The molecule has 3 rings (SSSR count). The topological polar surface area (TPSA) is 6.48 Å². The van der Waals surface area contributed by atoms with E-state index in [1.54, 1.807) is 4.42 Å². The highest BCUT2D eigenvalue weighted by Crippen LogP contribution is 2.32. The van der Waals surface area contributed by atoms with E-state index in [-0.39, 0.29) is 0 Å². The third-order valence-electron chi connectivity index (χ3n) is 3.55. The Morgan fingerprint density at radius 2 is 1.65 bits per heavy atom. The third-order valence-corrected chi connectivity index (χ3v) is 3.79. The van der Waals surface area contributed by atoms with Crippen LogP contribution in [-0.4, -0.2) is 24.7 Å². The maximum absolute atomic E-state index is 6.25. The molecule has 1 aliphatic heterocycles. The highest BCUT2D eigenvalue weighted by molar-refractivity contribution is 6.13. The molecule has 0 amide bonds. The summed E-state index contributed by atoms with van der Waals surface area (Å²) in [5.41, 5.74) is 4.91. The Morgan fingerprint density at radius 3 is 2.45 bits per heavy atom. The zero-order valence-electron chi connectivity index (χ0n) is 11.5. The van der Waals surface area contributed by atoms with Gasteiger partial charge < -0.3 is 4.90 Å². The SMILES string of the molecule is CN1CN(Cl)CC=C(c2ccccc2)c2ccccc21. The second-order valence-corrected chi connectivity index (χ2v) is 5.46. The summed E-state index contributed by atoms with van der Waals surface area (Å²) in [4.78, 5) is 2.18. The van der Waals surface area contributed by atoms with E-state index in [0.29, 0.717) is 6.67 Å². The maximum atomic E-state index is 6.25. The molecule has 2 aromatic rings. The van der Waals surface area contributed by atoms with Crippen LogP contribution in [0.5, 0.6) is 0 Å². The van der Waals surface area contributed by atoms with Gasteiger partial charge in [0.15, 0.2) is 0 Å².